The van der Waals surface area contributed by atoms with Crippen LogP contribution < -0.4 is 9.47 Å². The summed E-state index contributed by atoms with van der Waals surface area (Å²) in [7, 11) is 3.24. The summed E-state index contributed by atoms with van der Waals surface area (Å²) in [4.78, 5) is 22.4. The summed E-state index contributed by atoms with van der Waals surface area (Å²) in [6.45, 7) is 3.38. The quantitative estimate of drug-likeness (QED) is 0.441. The zero-order chi connectivity index (χ0) is 24.9. The molecule has 0 atom stereocenters. The Labute approximate surface area is 216 Å². The van der Waals surface area contributed by atoms with Crippen molar-refractivity contribution in [3.63, 3.8) is 0 Å². The minimum absolute atomic E-state index is 0.199. The molecule has 7 heteroatoms. The Bertz CT molecular complexity index is 1230. The van der Waals surface area contributed by atoms with E-state index in [1.54, 1.807) is 14.2 Å². The number of carbonyl (C=O) groups is 1. The van der Waals surface area contributed by atoms with E-state index in [9.17, 15) is 4.79 Å². The zero-order valence-corrected chi connectivity index (χ0v) is 21.3. The Morgan fingerprint density at radius 3 is 2.08 bits per heavy atom. The summed E-state index contributed by atoms with van der Waals surface area (Å²) in [6.07, 6.45) is 1.84. The first kappa shape index (κ1) is 24.2. The average Bonchev–Trinajstić information content (AvgIpc) is 3.30. The molecule has 0 N–H and O–H groups in total. The van der Waals surface area contributed by atoms with E-state index in [1.807, 2.05) is 24.3 Å². The Morgan fingerprint density at radius 1 is 0.861 bits per heavy atom. The van der Waals surface area contributed by atoms with E-state index >= 15 is 0 Å². The number of hydrogen-bond acceptors (Lipinski definition) is 6. The fourth-order valence-corrected chi connectivity index (χ4v) is 5.64. The summed E-state index contributed by atoms with van der Waals surface area (Å²) in [6, 6.07) is 27.0. The van der Waals surface area contributed by atoms with E-state index in [-0.39, 0.29) is 11.9 Å². The molecule has 36 heavy (non-hydrogen) atoms. The molecule has 2 aliphatic heterocycles. The van der Waals surface area contributed by atoms with Crippen LogP contribution in [0.5, 0.6) is 11.5 Å². The van der Waals surface area contributed by atoms with Crippen molar-refractivity contribution in [2.24, 2.45) is 4.99 Å². The van der Waals surface area contributed by atoms with Crippen LogP contribution in [0.15, 0.2) is 88.8 Å². The van der Waals surface area contributed by atoms with Crippen molar-refractivity contribution in [3.05, 3.63) is 100 Å². The van der Waals surface area contributed by atoms with Gasteiger partial charge >= 0.3 is 0 Å². The third kappa shape index (κ3) is 5.17. The van der Waals surface area contributed by atoms with Gasteiger partial charge in [0.2, 0.25) is 0 Å². The normalized spacial score (nSPS) is 17.5. The molecule has 2 aliphatic rings. The van der Waals surface area contributed by atoms with Crippen molar-refractivity contribution in [3.8, 4) is 11.5 Å². The minimum atomic E-state index is -0.214. The topological polar surface area (TPSA) is 54.4 Å². The largest absolute Gasteiger partial charge is 0.497 e. The minimum Gasteiger partial charge on any atom is -0.497 e. The van der Waals surface area contributed by atoms with Gasteiger partial charge in [0.15, 0.2) is 5.17 Å². The van der Waals surface area contributed by atoms with E-state index in [0.29, 0.717) is 16.4 Å². The first-order valence-electron chi connectivity index (χ1n) is 12.0. The Hall–Kier alpha value is -3.55. The molecule has 0 aromatic heterocycles. The number of amides is 1. The lowest BCUT2D eigenvalue weighted by Gasteiger charge is -2.40. The van der Waals surface area contributed by atoms with Gasteiger partial charge in [-0.25, -0.2) is 0 Å². The van der Waals surface area contributed by atoms with Crippen LogP contribution in [-0.4, -0.2) is 61.3 Å². The van der Waals surface area contributed by atoms with Crippen molar-refractivity contribution in [1.82, 2.24) is 9.80 Å². The Kier molecular flexibility index (Phi) is 7.39. The number of piperazine rings is 1. The van der Waals surface area contributed by atoms with Gasteiger partial charge in [-0.05, 0) is 47.2 Å². The number of aliphatic imine (C=N–C) groups is 1. The van der Waals surface area contributed by atoms with E-state index < -0.39 is 0 Å². The summed E-state index contributed by atoms with van der Waals surface area (Å²) < 4.78 is 10.8. The van der Waals surface area contributed by atoms with Crippen LogP contribution in [0.4, 0.5) is 0 Å². The van der Waals surface area contributed by atoms with Gasteiger partial charge in [-0.2, -0.15) is 4.99 Å². The fourth-order valence-electron chi connectivity index (χ4n) is 4.68. The monoisotopic (exact) mass is 499 g/mol. The van der Waals surface area contributed by atoms with Crippen molar-refractivity contribution >= 4 is 28.9 Å². The molecule has 0 radical (unpaired) electrons. The molecule has 0 aliphatic carbocycles. The van der Waals surface area contributed by atoms with E-state index in [0.717, 1.165) is 36.9 Å². The molecule has 0 bridgehead atoms. The van der Waals surface area contributed by atoms with Gasteiger partial charge in [0.1, 0.15) is 11.5 Å². The standard InChI is InChI=1S/C29H29N3O3S/c1-34-24-13-14-25(35-2)23(19-24)20-26-28(33)30-29(36-26)32-17-15-31(16-18-32)27(21-9-5-3-6-10-21)22-11-7-4-8-12-22/h3-14,19-20,27H,15-18H2,1-2H3/b26-20-. The SMILES string of the molecule is COc1ccc(OC)c(/C=C2\SC(N3CCN(C(c4ccccc4)c4ccccc4)CC3)=NC2=O)c1. The highest BCUT2D eigenvalue weighted by atomic mass is 32.2. The molecule has 1 saturated heterocycles. The van der Waals surface area contributed by atoms with Crippen LogP contribution in [-0.2, 0) is 4.79 Å². The number of rotatable bonds is 6. The Balaban J connectivity index is 1.29. The molecule has 0 saturated carbocycles. The lowest BCUT2D eigenvalue weighted by atomic mass is 9.96. The number of amidine groups is 1. The predicted molar refractivity (Wildman–Crippen MR) is 145 cm³/mol. The van der Waals surface area contributed by atoms with Crippen LogP contribution in [0.1, 0.15) is 22.7 Å². The van der Waals surface area contributed by atoms with Crippen molar-refractivity contribution in [1.29, 1.82) is 0 Å². The summed E-state index contributed by atoms with van der Waals surface area (Å²) >= 11 is 1.43. The van der Waals surface area contributed by atoms with Gasteiger partial charge in [-0.15, -0.1) is 0 Å². The fraction of sp³-hybridized carbons (Fsp3) is 0.241. The molecule has 6 nitrogen and oxygen atoms in total. The molecular weight excluding hydrogens is 470 g/mol. The lowest BCUT2D eigenvalue weighted by Crippen LogP contribution is -2.49. The molecule has 1 amide bonds. The van der Waals surface area contributed by atoms with E-state index in [2.05, 4.69) is 75.5 Å². The third-order valence-corrected chi connectivity index (χ3v) is 7.56. The predicted octanol–water partition coefficient (Wildman–Crippen LogP) is 5.08. The first-order valence-corrected chi connectivity index (χ1v) is 12.8. The van der Waals surface area contributed by atoms with Gasteiger partial charge < -0.3 is 14.4 Å². The highest BCUT2D eigenvalue weighted by Crippen LogP contribution is 2.35. The number of thioether (sulfide) groups is 1. The van der Waals surface area contributed by atoms with Gasteiger partial charge in [0, 0.05) is 31.7 Å². The smallest absolute Gasteiger partial charge is 0.286 e. The van der Waals surface area contributed by atoms with Crippen LogP contribution in [0, 0.1) is 0 Å². The molecule has 3 aromatic carbocycles. The van der Waals surface area contributed by atoms with Crippen LogP contribution in [0.2, 0.25) is 0 Å². The molecule has 0 unspecified atom stereocenters. The van der Waals surface area contributed by atoms with E-state index in [4.69, 9.17) is 9.47 Å². The second-order valence-corrected chi connectivity index (χ2v) is 9.67. The van der Waals surface area contributed by atoms with Crippen molar-refractivity contribution in [2.75, 3.05) is 40.4 Å². The maximum Gasteiger partial charge on any atom is 0.286 e. The molecule has 1 fully saturated rings. The molecule has 2 heterocycles. The second kappa shape index (κ2) is 11.0. The lowest BCUT2D eigenvalue weighted by molar-refractivity contribution is -0.113. The number of benzene rings is 3. The van der Waals surface area contributed by atoms with Crippen molar-refractivity contribution in [2.45, 2.75) is 6.04 Å². The number of nitrogens with zero attached hydrogens (tertiary/aromatic N) is 3. The second-order valence-electron chi connectivity index (χ2n) is 8.66. The highest BCUT2D eigenvalue weighted by molar-refractivity contribution is 8.18. The van der Waals surface area contributed by atoms with Crippen LogP contribution in [0.25, 0.3) is 6.08 Å². The maximum absolute atomic E-state index is 12.7. The zero-order valence-electron chi connectivity index (χ0n) is 20.5. The summed E-state index contributed by atoms with van der Waals surface area (Å²) in [5.41, 5.74) is 3.37. The van der Waals surface area contributed by atoms with Gasteiger partial charge in [0.05, 0.1) is 25.2 Å². The van der Waals surface area contributed by atoms with Gasteiger partial charge in [-0.1, -0.05) is 60.7 Å². The highest BCUT2D eigenvalue weighted by Gasteiger charge is 2.31. The van der Waals surface area contributed by atoms with E-state index in [1.165, 1.54) is 22.9 Å². The van der Waals surface area contributed by atoms with Crippen molar-refractivity contribution < 1.29 is 14.3 Å². The summed E-state index contributed by atoms with van der Waals surface area (Å²) in [5.74, 6) is 1.18. The maximum atomic E-state index is 12.7. The molecule has 184 valence electrons. The van der Waals surface area contributed by atoms with Crippen LogP contribution in [0.3, 0.4) is 0 Å². The van der Waals surface area contributed by atoms with Gasteiger partial charge in [0.25, 0.3) is 5.91 Å². The first-order chi connectivity index (χ1) is 17.7. The Morgan fingerprint density at radius 2 is 1.50 bits per heavy atom. The van der Waals surface area contributed by atoms with Crippen LogP contribution >= 0.6 is 11.8 Å². The molecule has 0 spiro atoms. The number of methoxy groups -OCH3 is 2. The third-order valence-electron chi connectivity index (χ3n) is 6.51. The summed E-state index contributed by atoms with van der Waals surface area (Å²) in [5, 5.41) is 0.767. The molecule has 5 rings (SSSR count). The van der Waals surface area contributed by atoms with Gasteiger partial charge in [-0.3, -0.25) is 9.69 Å². The molecular formula is C29H29N3O3S. The molecule has 3 aromatic rings. The number of hydrogen-bond donors (Lipinski definition) is 0. The number of ether oxygens (including phenoxy) is 2. The number of carbonyl (C=O) groups excluding carboxylic acids is 1. The average molecular weight is 500 g/mol.